The minimum absolute atomic E-state index is 0.0761. The topological polar surface area (TPSA) is 47.1 Å². The molecular formula is C16H29BrN4. The lowest BCUT2D eigenvalue weighted by Gasteiger charge is -2.43. The van der Waals surface area contributed by atoms with Crippen LogP contribution in [0.2, 0.25) is 0 Å². The second kappa shape index (κ2) is 6.80. The lowest BCUT2D eigenvalue weighted by molar-refractivity contribution is 0.0990. The number of nitrogens with zero attached hydrogens (tertiary/aromatic N) is 3. The molecule has 2 atom stereocenters. The molecular weight excluding hydrogens is 328 g/mol. The van der Waals surface area contributed by atoms with Crippen LogP contribution in [0.4, 0.5) is 0 Å². The molecule has 21 heavy (non-hydrogen) atoms. The van der Waals surface area contributed by atoms with Gasteiger partial charge in [-0.25, -0.2) is 0 Å². The Morgan fingerprint density at radius 1 is 1.33 bits per heavy atom. The smallest absolute Gasteiger partial charge is 0.0738 e. The van der Waals surface area contributed by atoms with Crippen molar-refractivity contribution in [3.63, 3.8) is 0 Å². The molecule has 0 bridgehead atoms. The highest BCUT2D eigenvalue weighted by atomic mass is 79.9. The van der Waals surface area contributed by atoms with E-state index in [0.717, 1.165) is 29.6 Å². The summed E-state index contributed by atoms with van der Waals surface area (Å²) in [5.41, 5.74) is 9.04. The van der Waals surface area contributed by atoms with Crippen LogP contribution in [0.25, 0.3) is 0 Å². The number of hydrogen-bond acceptors (Lipinski definition) is 3. The van der Waals surface area contributed by atoms with Gasteiger partial charge >= 0.3 is 0 Å². The molecule has 1 fully saturated rings. The summed E-state index contributed by atoms with van der Waals surface area (Å²) in [6.45, 7) is 12.0. The van der Waals surface area contributed by atoms with Gasteiger partial charge < -0.3 is 5.73 Å². The Morgan fingerprint density at radius 3 is 2.48 bits per heavy atom. The molecule has 0 spiro atoms. The van der Waals surface area contributed by atoms with Crippen LogP contribution in [0.15, 0.2) is 4.47 Å². The molecule has 4 nitrogen and oxygen atoms in total. The van der Waals surface area contributed by atoms with Crippen molar-refractivity contribution < 1.29 is 0 Å². The minimum Gasteiger partial charge on any atom is -0.326 e. The second-order valence-electron chi connectivity index (χ2n) is 6.38. The van der Waals surface area contributed by atoms with Crippen LogP contribution in [0.5, 0.6) is 0 Å². The van der Waals surface area contributed by atoms with Crippen molar-refractivity contribution in [1.82, 2.24) is 14.7 Å². The average molecular weight is 357 g/mol. The van der Waals surface area contributed by atoms with Crippen molar-refractivity contribution in [2.45, 2.75) is 71.5 Å². The summed E-state index contributed by atoms with van der Waals surface area (Å²) in [6.07, 6.45) is 4.57. The van der Waals surface area contributed by atoms with Gasteiger partial charge in [0, 0.05) is 24.5 Å². The normalized spacial score (nSPS) is 20.7. The molecule has 120 valence electrons. The number of likely N-dealkylation sites (tertiary alicyclic amines) is 1. The van der Waals surface area contributed by atoms with E-state index in [0.29, 0.717) is 0 Å². The summed E-state index contributed by atoms with van der Waals surface area (Å²) in [7, 11) is 0. The maximum atomic E-state index is 6.67. The monoisotopic (exact) mass is 356 g/mol. The molecule has 5 heteroatoms. The number of hydrogen-bond donors (Lipinski definition) is 1. The SMILES string of the molecule is CCn1nc(C)c(Br)c1CC(N)C(C)(CC)N1CCCC1. The molecule has 0 radical (unpaired) electrons. The molecule has 0 aliphatic carbocycles. The first-order valence-electron chi connectivity index (χ1n) is 8.16. The third kappa shape index (κ3) is 3.20. The number of halogens is 1. The Bertz CT molecular complexity index is 479. The van der Waals surface area contributed by atoms with Gasteiger partial charge in [0.25, 0.3) is 0 Å². The molecule has 1 aromatic rings. The number of rotatable bonds is 6. The Balaban J connectivity index is 2.21. The highest BCUT2D eigenvalue weighted by Crippen LogP contribution is 2.30. The van der Waals surface area contributed by atoms with Gasteiger partial charge in [-0.3, -0.25) is 9.58 Å². The molecule has 0 amide bonds. The summed E-state index contributed by atoms with van der Waals surface area (Å²) < 4.78 is 3.21. The van der Waals surface area contributed by atoms with E-state index in [1.54, 1.807) is 0 Å². The molecule has 1 aliphatic heterocycles. The van der Waals surface area contributed by atoms with Gasteiger partial charge in [0.1, 0.15) is 0 Å². The van der Waals surface area contributed by atoms with E-state index in [1.807, 2.05) is 6.92 Å². The lowest BCUT2D eigenvalue weighted by atomic mass is 9.85. The van der Waals surface area contributed by atoms with E-state index in [9.17, 15) is 0 Å². The van der Waals surface area contributed by atoms with E-state index in [1.165, 1.54) is 31.6 Å². The van der Waals surface area contributed by atoms with Crippen molar-refractivity contribution >= 4 is 15.9 Å². The van der Waals surface area contributed by atoms with Gasteiger partial charge in [0.15, 0.2) is 0 Å². The third-order valence-corrected chi connectivity index (χ3v) is 6.24. The Labute approximate surface area is 137 Å². The van der Waals surface area contributed by atoms with Crippen LogP contribution in [-0.2, 0) is 13.0 Å². The molecule has 2 N–H and O–H groups in total. The molecule has 0 aromatic carbocycles. The molecule has 2 unspecified atom stereocenters. The molecule has 2 rings (SSSR count). The first-order chi connectivity index (χ1) is 9.93. The standard InChI is InChI=1S/C16H29BrN4/c1-5-16(4,20-9-7-8-10-20)14(18)11-13-15(17)12(3)19-21(13)6-2/h14H,5-11,18H2,1-4H3. The highest BCUT2D eigenvalue weighted by Gasteiger charge is 2.38. The molecule has 2 heterocycles. The number of aryl methyl sites for hydroxylation is 2. The Hall–Kier alpha value is -0.390. The molecule has 1 aliphatic rings. The van der Waals surface area contributed by atoms with Crippen LogP contribution in [0, 0.1) is 6.92 Å². The Morgan fingerprint density at radius 2 is 1.95 bits per heavy atom. The van der Waals surface area contributed by atoms with Gasteiger partial charge in [-0.2, -0.15) is 5.10 Å². The second-order valence-corrected chi connectivity index (χ2v) is 7.17. The van der Waals surface area contributed by atoms with Crippen molar-refractivity contribution in [2.75, 3.05) is 13.1 Å². The van der Waals surface area contributed by atoms with Crippen LogP contribution in [-0.4, -0.2) is 39.4 Å². The summed E-state index contributed by atoms with van der Waals surface area (Å²) in [5, 5.41) is 4.59. The fourth-order valence-electron chi connectivity index (χ4n) is 3.44. The van der Waals surface area contributed by atoms with Gasteiger partial charge in [0.05, 0.1) is 15.9 Å². The van der Waals surface area contributed by atoms with E-state index < -0.39 is 0 Å². The van der Waals surface area contributed by atoms with Crippen LogP contribution in [0.1, 0.15) is 51.4 Å². The van der Waals surface area contributed by atoms with Crippen molar-refractivity contribution in [2.24, 2.45) is 5.73 Å². The first kappa shape index (κ1) is 17.0. The summed E-state index contributed by atoms with van der Waals surface area (Å²) in [5.74, 6) is 0. The fourth-order valence-corrected chi connectivity index (χ4v) is 3.89. The van der Waals surface area contributed by atoms with Crippen LogP contribution < -0.4 is 5.73 Å². The van der Waals surface area contributed by atoms with E-state index >= 15 is 0 Å². The van der Waals surface area contributed by atoms with E-state index in [2.05, 4.69) is 51.4 Å². The zero-order valence-corrected chi connectivity index (χ0v) is 15.4. The zero-order valence-electron chi connectivity index (χ0n) is 13.8. The molecule has 1 aromatic heterocycles. The summed E-state index contributed by atoms with van der Waals surface area (Å²) in [4.78, 5) is 2.59. The van der Waals surface area contributed by atoms with Gasteiger partial charge in [-0.1, -0.05) is 6.92 Å². The predicted molar refractivity (Wildman–Crippen MR) is 91.5 cm³/mol. The van der Waals surface area contributed by atoms with Gasteiger partial charge in [-0.05, 0) is 69.1 Å². The van der Waals surface area contributed by atoms with E-state index in [4.69, 9.17) is 5.73 Å². The maximum absolute atomic E-state index is 6.67. The quantitative estimate of drug-likeness (QED) is 0.851. The summed E-state index contributed by atoms with van der Waals surface area (Å²) >= 11 is 3.69. The number of nitrogens with two attached hydrogens (primary N) is 1. The minimum atomic E-state index is 0.0761. The van der Waals surface area contributed by atoms with Crippen LogP contribution >= 0.6 is 15.9 Å². The lowest BCUT2D eigenvalue weighted by Crippen LogP contribution is -2.57. The largest absolute Gasteiger partial charge is 0.326 e. The van der Waals surface area contributed by atoms with Crippen LogP contribution in [0.3, 0.4) is 0 Å². The molecule has 1 saturated heterocycles. The van der Waals surface area contributed by atoms with Crippen molar-refractivity contribution in [1.29, 1.82) is 0 Å². The average Bonchev–Trinajstić information content (AvgIpc) is 3.10. The third-order valence-electron chi connectivity index (χ3n) is 5.21. The van der Waals surface area contributed by atoms with Crippen molar-refractivity contribution in [3.8, 4) is 0 Å². The van der Waals surface area contributed by atoms with E-state index in [-0.39, 0.29) is 11.6 Å². The predicted octanol–water partition coefficient (Wildman–Crippen LogP) is 3.11. The van der Waals surface area contributed by atoms with Crippen molar-refractivity contribution in [3.05, 3.63) is 15.9 Å². The molecule has 0 saturated carbocycles. The zero-order chi connectivity index (χ0) is 15.6. The van der Waals surface area contributed by atoms with Gasteiger partial charge in [0.2, 0.25) is 0 Å². The van der Waals surface area contributed by atoms with Gasteiger partial charge in [-0.15, -0.1) is 0 Å². The summed E-state index contributed by atoms with van der Waals surface area (Å²) in [6, 6.07) is 0.123. The first-order valence-corrected chi connectivity index (χ1v) is 8.95. The highest BCUT2D eigenvalue weighted by molar-refractivity contribution is 9.10. The maximum Gasteiger partial charge on any atom is 0.0738 e. The number of aromatic nitrogens is 2. The fraction of sp³-hybridized carbons (Fsp3) is 0.812. The Kier molecular flexibility index (Phi) is 5.49.